The van der Waals surface area contributed by atoms with Gasteiger partial charge in [-0.1, -0.05) is 44.2 Å². The van der Waals surface area contributed by atoms with Crippen molar-refractivity contribution in [1.82, 2.24) is 0 Å². The molecule has 0 spiro atoms. The number of nitrogens with one attached hydrogen (secondary N) is 1. The number of aromatic hydroxyl groups is 1. The van der Waals surface area contributed by atoms with Crippen LogP contribution in [0.2, 0.25) is 0 Å². The molecule has 0 fully saturated rings. The fraction of sp³-hybridized carbons (Fsp3) is 0.238. The monoisotopic (exact) mass is 383 g/mol. The Kier molecular flexibility index (Phi) is 5.46. The zero-order chi connectivity index (χ0) is 19.6. The van der Waals surface area contributed by atoms with Crippen molar-refractivity contribution in [3.8, 4) is 5.75 Å². The minimum Gasteiger partial charge on any atom is -0.507 e. The fourth-order valence-electron chi connectivity index (χ4n) is 3.10. The number of carbonyl (C=O) groups excluding carboxylic acids is 1. The third kappa shape index (κ3) is 3.95. The Balaban J connectivity index is 1.75. The van der Waals surface area contributed by atoms with E-state index >= 15 is 0 Å². The van der Waals surface area contributed by atoms with Crippen molar-refractivity contribution in [2.24, 2.45) is 5.92 Å². The lowest BCUT2D eigenvalue weighted by Gasteiger charge is -2.13. The number of thiophene rings is 1. The molecular weight excluding hydrogens is 362 g/mol. The molecule has 1 aromatic heterocycles. The van der Waals surface area contributed by atoms with Crippen molar-refractivity contribution in [3.05, 3.63) is 57.8 Å². The van der Waals surface area contributed by atoms with Crippen LogP contribution in [0.15, 0.2) is 41.8 Å². The van der Waals surface area contributed by atoms with E-state index in [9.17, 15) is 14.7 Å². The van der Waals surface area contributed by atoms with Crippen molar-refractivity contribution in [3.63, 3.8) is 0 Å². The van der Waals surface area contributed by atoms with Gasteiger partial charge in [0.25, 0.3) is 0 Å². The molecule has 1 unspecified atom stereocenters. The van der Waals surface area contributed by atoms with Gasteiger partial charge in [-0.3, -0.25) is 4.79 Å². The number of rotatable bonds is 6. The summed E-state index contributed by atoms with van der Waals surface area (Å²) in [5, 5.41) is 25.5. The number of benzene rings is 2. The van der Waals surface area contributed by atoms with E-state index in [1.54, 1.807) is 11.4 Å². The van der Waals surface area contributed by atoms with Gasteiger partial charge >= 0.3 is 5.97 Å². The number of carbonyl (C=O) groups is 2. The van der Waals surface area contributed by atoms with Crippen molar-refractivity contribution in [2.75, 3.05) is 5.32 Å². The van der Waals surface area contributed by atoms with E-state index in [0.29, 0.717) is 17.9 Å². The van der Waals surface area contributed by atoms with E-state index in [-0.39, 0.29) is 16.7 Å². The van der Waals surface area contributed by atoms with Gasteiger partial charge in [-0.2, -0.15) is 0 Å². The number of amides is 1. The van der Waals surface area contributed by atoms with Crippen LogP contribution in [-0.4, -0.2) is 22.1 Å². The van der Waals surface area contributed by atoms with Crippen LogP contribution < -0.4 is 5.32 Å². The maximum atomic E-state index is 12.5. The molecule has 3 aromatic rings. The molecule has 0 saturated carbocycles. The van der Waals surface area contributed by atoms with Crippen molar-refractivity contribution in [1.29, 1.82) is 0 Å². The summed E-state index contributed by atoms with van der Waals surface area (Å²) < 4.78 is 0. The Morgan fingerprint density at radius 2 is 1.96 bits per heavy atom. The van der Waals surface area contributed by atoms with Crippen molar-refractivity contribution in [2.45, 2.75) is 26.7 Å². The molecule has 140 valence electrons. The number of hydrogen-bond acceptors (Lipinski definition) is 4. The molecule has 1 atom stereocenters. The molecule has 3 rings (SSSR count). The van der Waals surface area contributed by atoms with Gasteiger partial charge in [-0.25, -0.2) is 4.79 Å². The second kappa shape index (κ2) is 7.80. The molecule has 0 aliphatic rings. The molecule has 1 heterocycles. The molecule has 1 amide bonds. The van der Waals surface area contributed by atoms with Crippen LogP contribution in [0.3, 0.4) is 0 Å². The Morgan fingerprint density at radius 3 is 2.67 bits per heavy atom. The number of phenols is 1. The van der Waals surface area contributed by atoms with E-state index < -0.39 is 5.97 Å². The Bertz CT molecular complexity index is 1010. The molecule has 5 nitrogen and oxygen atoms in total. The lowest BCUT2D eigenvalue weighted by atomic mass is 9.96. The molecule has 0 bridgehead atoms. The van der Waals surface area contributed by atoms with E-state index in [1.807, 2.05) is 44.2 Å². The van der Waals surface area contributed by atoms with Gasteiger partial charge in [0.15, 0.2) is 0 Å². The molecule has 0 saturated heterocycles. The summed E-state index contributed by atoms with van der Waals surface area (Å²) in [4.78, 5) is 23.7. The average Bonchev–Trinajstić information content (AvgIpc) is 3.10. The average molecular weight is 383 g/mol. The second-order valence-corrected chi connectivity index (χ2v) is 7.46. The zero-order valence-corrected chi connectivity index (χ0v) is 16.0. The highest BCUT2D eigenvalue weighted by Gasteiger charge is 2.18. The van der Waals surface area contributed by atoms with E-state index in [1.165, 1.54) is 0 Å². The Hall–Kier alpha value is -2.86. The fourth-order valence-corrected chi connectivity index (χ4v) is 3.78. The zero-order valence-electron chi connectivity index (χ0n) is 15.2. The topological polar surface area (TPSA) is 86.6 Å². The van der Waals surface area contributed by atoms with Crippen LogP contribution >= 0.6 is 11.3 Å². The summed E-state index contributed by atoms with van der Waals surface area (Å²) in [5.74, 6) is -1.28. The third-order valence-corrected chi connectivity index (χ3v) is 5.53. The first-order valence-corrected chi connectivity index (χ1v) is 9.63. The number of hydrogen-bond donors (Lipinski definition) is 3. The largest absolute Gasteiger partial charge is 0.507 e. The van der Waals surface area contributed by atoms with Crippen LogP contribution in [0.1, 0.15) is 34.6 Å². The summed E-state index contributed by atoms with van der Waals surface area (Å²) in [6, 6.07) is 11.3. The summed E-state index contributed by atoms with van der Waals surface area (Å²) in [5.41, 5.74) is 2.23. The van der Waals surface area contributed by atoms with Gasteiger partial charge < -0.3 is 15.5 Å². The van der Waals surface area contributed by atoms with Gasteiger partial charge in [0.2, 0.25) is 5.91 Å². The third-order valence-electron chi connectivity index (χ3n) is 4.63. The number of aromatic carboxylic acids is 1. The molecule has 27 heavy (non-hydrogen) atoms. The van der Waals surface area contributed by atoms with E-state index in [2.05, 4.69) is 5.32 Å². The molecule has 0 aliphatic heterocycles. The number of carboxylic acid groups (broad SMARTS) is 1. The number of phenolic OH excluding ortho intramolecular Hbond substituents is 1. The number of anilines is 1. The molecule has 3 N–H and O–H groups in total. The minimum absolute atomic E-state index is 0.128. The highest BCUT2D eigenvalue weighted by atomic mass is 32.1. The maximum absolute atomic E-state index is 12.5. The number of carboxylic acids is 1. The Labute approximate surface area is 161 Å². The summed E-state index contributed by atoms with van der Waals surface area (Å²) in [6.45, 7) is 3.81. The molecular formula is C21H21NO4S. The highest BCUT2D eigenvalue weighted by Crippen LogP contribution is 2.30. The van der Waals surface area contributed by atoms with Crippen LogP contribution in [0.5, 0.6) is 5.75 Å². The van der Waals surface area contributed by atoms with Crippen molar-refractivity contribution < 1.29 is 19.8 Å². The minimum atomic E-state index is -1.05. The highest BCUT2D eigenvalue weighted by molar-refractivity contribution is 7.12. The van der Waals surface area contributed by atoms with Gasteiger partial charge in [0.1, 0.15) is 10.6 Å². The predicted octanol–water partition coefficient (Wildman–Crippen LogP) is 4.68. The SMILES string of the molecule is CCc1ccc2cc(CC(C)C(=O)Nc3ccsc3C(=O)O)ccc2c1O. The first-order valence-electron chi connectivity index (χ1n) is 8.75. The normalized spacial score (nSPS) is 12.1. The first-order chi connectivity index (χ1) is 12.9. The molecule has 6 heteroatoms. The standard InChI is InChI=1S/C21H21NO4S/c1-3-14-5-6-15-11-13(4-7-16(15)18(14)23)10-12(2)20(24)22-17-8-9-27-19(17)21(25)26/h4-9,11-12,23H,3,10H2,1-2H3,(H,22,24)(H,25,26). The van der Waals surface area contributed by atoms with Crippen LogP contribution in [0.25, 0.3) is 10.8 Å². The Morgan fingerprint density at radius 1 is 1.19 bits per heavy atom. The van der Waals surface area contributed by atoms with E-state index in [0.717, 1.165) is 39.7 Å². The molecule has 2 aromatic carbocycles. The number of aryl methyl sites for hydroxylation is 1. The lowest BCUT2D eigenvalue weighted by molar-refractivity contribution is -0.119. The van der Waals surface area contributed by atoms with Gasteiger partial charge in [0, 0.05) is 11.3 Å². The second-order valence-electron chi connectivity index (χ2n) is 6.55. The van der Waals surface area contributed by atoms with Crippen LogP contribution in [0.4, 0.5) is 5.69 Å². The van der Waals surface area contributed by atoms with Crippen molar-refractivity contribution >= 4 is 39.7 Å². The number of fused-ring (bicyclic) bond motifs is 1. The predicted molar refractivity (Wildman–Crippen MR) is 108 cm³/mol. The van der Waals surface area contributed by atoms with Gasteiger partial charge in [0.05, 0.1) is 5.69 Å². The summed E-state index contributed by atoms with van der Waals surface area (Å²) in [6.07, 6.45) is 1.28. The van der Waals surface area contributed by atoms with Gasteiger partial charge in [-0.05, 0) is 40.8 Å². The lowest BCUT2D eigenvalue weighted by Crippen LogP contribution is -2.22. The summed E-state index contributed by atoms with van der Waals surface area (Å²) >= 11 is 1.08. The van der Waals surface area contributed by atoms with Crippen LogP contribution in [-0.2, 0) is 17.6 Å². The maximum Gasteiger partial charge on any atom is 0.348 e. The molecule has 0 aliphatic carbocycles. The van der Waals surface area contributed by atoms with Crippen LogP contribution in [0, 0.1) is 5.92 Å². The van der Waals surface area contributed by atoms with Gasteiger partial charge in [-0.15, -0.1) is 11.3 Å². The quantitative estimate of drug-likeness (QED) is 0.577. The molecule has 0 radical (unpaired) electrons. The van der Waals surface area contributed by atoms with E-state index in [4.69, 9.17) is 5.11 Å². The smallest absolute Gasteiger partial charge is 0.348 e. The summed E-state index contributed by atoms with van der Waals surface area (Å²) in [7, 11) is 0. The first kappa shape index (κ1) is 18.9.